The first-order valence-corrected chi connectivity index (χ1v) is 7.23. The highest BCUT2D eigenvalue weighted by molar-refractivity contribution is 7.98. The van der Waals surface area contributed by atoms with Gasteiger partial charge in [0, 0.05) is 22.2 Å². The molecule has 0 saturated carbocycles. The van der Waals surface area contributed by atoms with Crippen molar-refractivity contribution in [3.63, 3.8) is 0 Å². The molecule has 0 fully saturated rings. The van der Waals surface area contributed by atoms with Gasteiger partial charge in [0.25, 0.3) is 0 Å². The standard InChI is InChI=1S/C15H16ClNS/c1-11-8-12(9-17)6-7-15(11)18-10-13-4-2-3-5-14(13)16/h2-8H,9-10,17H2,1H3. The predicted molar refractivity (Wildman–Crippen MR) is 80.1 cm³/mol. The van der Waals surface area contributed by atoms with Gasteiger partial charge in [-0.3, -0.25) is 0 Å². The third-order valence-electron chi connectivity index (χ3n) is 2.82. The first-order valence-electron chi connectivity index (χ1n) is 5.86. The zero-order chi connectivity index (χ0) is 13.0. The third-order valence-corrected chi connectivity index (χ3v) is 4.41. The van der Waals surface area contributed by atoms with Crippen molar-refractivity contribution >= 4 is 23.4 Å². The number of rotatable bonds is 4. The van der Waals surface area contributed by atoms with E-state index in [4.69, 9.17) is 17.3 Å². The summed E-state index contributed by atoms with van der Waals surface area (Å²) in [5, 5.41) is 0.834. The molecule has 0 bridgehead atoms. The minimum atomic E-state index is 0.594. The molecule has 0 radical (unpaired) electrons. The van der Waals surface area contributed by atoms with Gasteiger partial charge in [-0.15, -0.1) is 11.8 Å². The largest absolute Gasteiger partial charge is 0.326 e. The Kier molecular flexibility index (Phi) is 4.70. The van der Waals surface area contributed by atoms with E-state index in [2.05, 4.69) is 31.2 Å². The summed E-state index contributed by atoms with van der Waals surface area (Å²) in [6.07, 6.45) is 0. The SMILES string of the molecule is Cc1cc(CN)ccc1SCc1ccccc1Cl. The molecule has 1 nitrogen and oxygen atoms in total. The summed E-state index contributed by atoms with van der Waals surface area (Å²) in [6, 6.07) is 14.3. The van der Waals surface area contributed by atoms with Crippen molar-refractivity contribution < 1.29 is 0 Å². The van der Waals surface area contributed by atoms with E-state index in [1.807, 2.05) is 30.0 Å². The Balaban J connectivity index is 2.09. The van der Waals surface area contributed by atoms with Crippen LogP contribution >= 0.6 is 23.4 Å². The average Bonchev–Trinajstić information content (AvgIpc) is 2.39. The summed E-state index contributed by atoms with van der Waals surface area (Å²) in [5.74, 6) is 0.891. The molecule has 0 spiro atoms. The highest BCUT2D eigenvalue weighted by atomic mass is 35.5. The molecule has 18 heavy (non-hydrogen) atoms. The number of halogens is 1. The highest BCUT2D eigenvalue weighted by Crippen LogP contribution is 2.29. The fraction of sp³-hybridized carbons (Fsp3) is 0.200. The lowest BCUT2D eigenvalue weighted by molar-refractivity contribution is 1.05. The molecule has 0 heterocycles. The zero-order valence-corrected chi connectivity index (χ0v) is 11.9. The highest BCUT2D eigenvalue weighted by Gasteiger charge is 2.03. The van der Waals surface area contributed by atoms with Gasteiger partial charge in [-0.2, -0.15) is 0 Å². The van der Waals surface area contributed by atoms with Crippen LogP contribution in [0.2, 0.25) is 5.02 Å². The van der Waals surface area contributed by atoms with Crippen molar-refractivity contribution in [2.75, 3.05) is 0 Å². The third kappa shape index (κ3) is 3.29. The van der Waals surface area contributed by atoms with Gasteiger partial charge in [0.15, 0.2) is 0 Å². The summed E-state index contributed by atoms with van der Waals surface area (Å²) >= 11 is 7.96. The van der Waals surface area contributed by atoms with Gasteiger partial charge >= 0.3 is 0 Å². The van der Waals surface area contributed by atoms with Gasteiger partial charge in [-0.1, -0.05) is 41.9 Å². The molecule has 0 saturated heterocycles. The second-order valence-electron chi connectivity index (χ2n) is 4.18. The minimum Gasteiger partial charge on any atom is -0.326 e. The first-order chi connectivity index (χ1) is 8.70. The quantitative estimate of drug-likeness (QED) is 0.839. The summed E-state index contributed by atoms with van der Waals surface area (Å²) in [7, 11) is 0. The number of thioether (sulfide) groups is 1. The van der Waals surface area contributed by atoms with Crippen LogP contribution < -0.4 is 5.73 Å². The van der Waals surface area contributed by atoms with Crippen molar-refractivity contribution in [3.8, 4) is 0 Å². The molecule has 94 valence electrons. The molecule has 0 aromatic heterocycles. The van der Waals surface area contributed by atoms with E-state index >= 15 is 0 Å². The molecule has 0 aliphatic heterocycles. The predicted octanol–water partition coefficient (Wildman–Crippen LogP) is 4.40. The Morgan fingerprint density at radius 1 is 1.17 bits per heavy atom. The molecular weight excluding hydrogens is 262 g/mol. The fourth-order valence-electron chi connectivity index (χ4n) is 1.77. The lowest BCUT2D eigenvalue weighted by Crippen LogP contribution is -1.96. The van der Waals surface area contributed by atoms with E-state index in [0.29, 0.717) is 6.54 Å². The Morgan fingerprint density at radius 3 is 2.61 bits per heavy atom. The summed E-state index contributed by atoms with van der Waals surface area (Å²) in [4.78, 5) is 1.28. The summed E-state index contributed by atoms with van der Waals surface area (Å²) < 4.78 is 0. The number of hydrogen-bond acceptors (Lipinski definition) is 2. The molecule has 0 atom stereocenters. The minimum absolute atomic E-state index is 0.594. The lowest BCUT2D eigenvalue weighted by atomic mass is 10.1. The normalized spacial score (nSPS) is 10.6. The molecular formula is C15H16ClNS. The lowest BCUT2D eigenvalue weighted by Gasteiger charge is -2.08. The molecule has 2 N–H and O–H groups in total. The maximum atomic E-state index is 6.15. The fourth-order valence-corrected chi connectivity index (χ4v) is 3.07. The number of aryl methyl sites for hydroxylation is 1. The van der Waals surface area contributed by atoms with Crippen LogP contribution in [-0.4, -0.2) is 0 Å². The van der Waals surface area contributed by atoms with Crippen LogP contribution in [-0.2, 0) is 12.3 Å². The summed E-state index contributed by atoms with van der Waals surface area (Å²) in [5.41, 5.74) is 9.25. The van der Waals surface area contributed by atoms with E-state index in [0.717, 1.165) is 10.8 Å². The maximum Gasteiger partial charge on any atom is 0.0446 e. The second-order valence-corrected chi connectivity index (χ2v) is 5.61. The monoisotopic (exact) mass is 277 g/mol. The van der Waals surface area contributed by atoms with Gasteiger partial charge < -0.3 is 5.73 Å². The summed E-state index contributed by atoms with van der Waals surface area (Å²) in [6.45, 7) is 2.71. The molecule has 2 aromatic carbocycles. The maximum absolute atomic E-state index is 6.15. The molecule has 3 heteroatoms. The smallest absolute Gasteiger partial charge is 0.0446 e. The van der Waals surface area contributed by atoms with Crippen LogP contribution in [0.1, 0.15) is 16.7 Å². The van der Waals surface area contributed by atoms with Gasteiger partial charge in [0.2, 0.25) is 0 Å². The van der Waals surface area contributed by atoms with E-state index in [1.165, 1.54) is 21.6 Å². The van der Waals surface area contributed by atoms with Gasteiger partial charge in [-0.25, -0.2) is 0 Å². The van der Waals surface area contributed by atoms with Crippen molar-refractivity contribution in [1.82, 2.24) is 0 Å². The second kappa shape index (κ2) is 6.28. The van der Waals surface area contributed by atoms with E-state index in [1.54, 1.807) is 0 Å². The van der Waals surface area contributed by atoms with Crippen LogP contribution in [0.3, 0.4) is 0 Å². The van der Waals surface area contributed by atoms with Gasteiger partial charge in [0.05, 0.1) is 0 Å². The van der Waals surface area contributed by atoms with E-state index < -0.39 is 0 Å². The Hall–Kier alpha value is -0.960. The number of hydrogen-bond donors (Lipinski definition) is 1. The first kappa shape index (κ1) is 13.5. The molecule has 0 aliphatic carbocycles. The molecule has 2 rings (SSSR count). The van der Waals surface area contributed by atoms with Gasteiger partial charge in [-0.05, 0) is 35.7 Å². The van der Waals surface area contributed by atoms with Crippen LogP contribution in [0.15, 0.2) is 47.4 Å². The van der Waals surface area contributed by atoms with Crippen LogP contribution in [0, 0.1) is 6.92 Å². The van der Waals surface area contributed by atoms with Crippen LogP contribution in [0.4, 0.5) is 0 Å². The van der Waals surface area contributed by atoms with Crippen molar-refractivity contribution in [2.24, 2.45) is 5.73 Å². The topological polar surface area (TPSA) is 26.0 Å². The molecule has 0 aliphatic rings. The van der Waals surface area contributed by atoms with Crippen molar-refractivity contribution in [1.29, 1.82) is 0 Å². The number of benzene rings is 2. The van der Waals surface area contributed by atoms with Crippen molar-refractivity contribution in [3.05, 3.63) is 64.2 Å². The van der Waals surface area contributed by atoms with E-state index in [9.17, 15) is 0 Å². The van der Waals surface area contributed by atoms with Gasteiger partial charge in [0.1, 0.15) is 0 Å². The Bertz CT molecular complexity index is 540. The van der Waals surface area contributed by atoms with Crippen molar-refractivity contribution in [2.45, 2.75) is 24.1 Å². The molecule has 0 unspecified atom stereocenters. The van der Waals surface area contributed by atoms with Crippen LogP contribution in [0.25, 0.3) is 0 Å². The molecule has 0 amide bonds. The Morgan fingerprint density at radius 2 is 1.94 bits per heavy atom. The van der Waals surface area contributed by atoms with Crippen LogP contribution in [0.5, 0.6) is 0 Å². The Labute approximate surface area is 117 Å². The number of nitrogens with two attached hydrogens (primary N) is 1. The van der Waals surface area contributed by atoms with E-state index in [-0.39, 0.29) is 0 Å². The zero-order valence-electron chi connectivity index (χ0n) is 10.3. The average molecular weight is 278 g/mol. The molecule has 2 aromatic rings.